The van der Waals surface area contributed by atoms with Gasteiger partial charge < -0.3 is 15.1 Å². The van der Waals surface area contributed by atoms with Crippen molar-refractivity contribution < 1.29 is 0 Å². The first-order valence-corrected chi connectivity index (χ1v) is 8.29. The molecule has 5 nitrogen and oxygen atoms in total. The number of hydrogen-bond donors (Lipinski definition) is 1. The molecule has 2 fully saturated rings. The Morgan fingerprint density at radius 1 is 1.29 bits per heavy atom. The fraction of sp³-hybridized carbons (Fsp3) is 0.750. The van der Waals surface area contributed by atoms with E-state index in [0.29, 0.717) is 0 Å². The van der Waals surface area contributed by atoms with E-state index in [1.807, 2.05) is 0 Å². The van der Waals surface area contributed by atoms with E-state index in [1.54, 1.807) is 6.33 Å². The van der Waals surface area contributed by atoms with Crippen LogP contribution in [0.4, 0.5) is 11.6 Å². The molecule has 0 bridgehead atoms. The van der Waals surface area contributed by atoms with E-state index in [9.17, 15) is 0 Å². The van der Waals surface area contributed by atoms with Gasteiger partial charge in [0, 0.05) is 31.7 Å². The number of fused-ring (bicyclic) bond motifs is 1. The zero-order chi connectivity index (χ0) is 14.7. The van der Waals surface area contributed by atoms with E-state index in [0.717, 1.165) is 49.7 Å². The van der Waals surface area contributed by atoms with Gasteiger partial charge in [0.2, 0.25) is 0 Å². The Kier molecular flexibility index (Phi) is 4.58. The Morgan fingerprint density at radius 2 is 2.19 bits per heavy atom. The largest absolute Gasteiger partial charge is 0.370 e. The molecule has 1 aromatic heterocycles. The fourth-order valence-corrected chi connectivity index (χ4v) is 3.73. The Bertz CT molecular complexity index is 464. The molecule has 0 saturated carbocycles. The molecule has 0 aliphatic carbocycles. The molecule has 2 aliphatic heterocycles. The van der Waals surface area contributed by atoms with E-state index >= 15 is 0 Å². The van der Waals surface area contributed by atoms with Crippen LogP contribution in [0.15, 0.2) is 12.4 Å². The highest BCUT2D eigenvalue weighted by Crippen LogP contribution is 2.31. The molecule has 3 rings (SSSR count). The molecule has 2 saturated heterocycles. The third-order valence-electron chi connectivity index (χ3n) is 4.88. The van der Waals surface area contributed by atoms with Crippen LogP contribution in [0.2, 0.25) is 0 Å². The molecule has 2 atom stereocenters. The first-order chi connectivity index (χ1) is 10.3. The maximum absolute atomic E-state index is 4.49. The number of likely N-dealkylation sites (tertiary alicyclic amines) is 1. The van der Waals surface area contributed by atoms with Crippen molar-refractivity contribution in [3.63, 3.8) is 0 Å². The van der Waals surface area contributed by atoms with Gasteiger partial charge in [-0.1, -0.05) is 6.92 Å². The van der Waals surface area contributed by atoms with Crippen LogP contribution in [0.3, 0.4) is 0 Å². The Hall–Kier alpha value is -1.36. The summed E-state index contributed by atoms with van der Waals surface area (Å²) < 4.78 is 0. The zero-order valence-electron chi connectivity index (χ0n) is 13.3. The Morgan fingerprint density at radius 3 is 3.05 bits per heavy atom. The maximum atomic E-state index is 4.49. The van der Waals surface area contributed by atoms with Crippen LogP contribution in [-0.4, -0.2) is 54.1 Å². The second-order valence-electron chi connectivity index (χ2n) is 6.37. The quantitative estimate of drug-likeness (QED) is 0.921. The van der Waals surface area contributed by atoms with Crippen LogP contribution in [0.1, 0.15) is 32.6 Å². The van der Waals surface area contributed by atoms with Gasteiger partial charge in [0.25, 0.3) is 0 Å². The third-order valence-corrected chi connectivity index (χ3v) is 4.88. The first kappa shape index (κ1) is 14.6. The normalized spacial score (nSPS) is 26.5. The summed E-state index contributed by atoms with van der Waals surface area (Å²) >= 11 is 0. The topological polar surface area (TPSA) is 44.3 Å². The van der Waals surface area contributed by atoms with Crippen molar-refractivity contribution in [1.82, 2.24) is 14.9 Å². The molecule has 0 radical (unpaired) electrons. The molecule has 116 valence electrons. The van der Waals surface area contributed by atoms with Crippen molar-refractivity contribution in [1.29, 1.82) is 0 Å². The van der Waals surface area contributed by atoms with Gasteiger partial charge in [-0.3, -0.25) is 0 Å². The van der Waals surface area contributed by atoms with Gasteiger partial charge in [0.1, 0.15) is 18.0 Å². The SMILES string of the molecule is CCCNc1cc(N2CCC3C(CCCN3C)C2)ncn1. The predicted octanol–water partition coefficient (Wildman–Crippen LogP) is 2.22. The van der Waals surface area contributed by atoms with Crippen molar-refractivity contribution in [2.75, 3.05) is 43.4 Å². The van der Waals surface area contributed by atoms with Gasteiger partial charge in [-0.2, -0.15) is 0 Å². The van der Waals surface area contributed by atoms with Crippen molar-refractivity contribution in [2.45, 2.75) is 38.6 Å². The van der Waals surface area contributed by atoms with Crippen LogP contribution in [0.25, 0.3) is 0 Å². The summed E-state index contributed by atoms with van der Waals surface area (Å²) in [5, 5.41) is 3.35. The average molecular weight is 289 g/mol. The highest BCUT2D eigenvalue weighted by atomic mass is 15.2. The van der Waals surface area contributed by atoms with Gasteiger partial charge in [-0.15, -0.1) is 0 Å². The highest BCUT2D eigenvalue weighted by Gasteiger charge is 2.34. The minimum Gasteiger partial charge on any atom is -0.370 e. The summed E-state index contributed by atoms with van der Waals surface area (Å²) in [5.41, 5.74) is 0. The molecular formula is C16H27N5. The van der Waals surface area contributed by atoms with E-state index in [-0.39, 0.29) is 0 Å². The number of piperidine rings is 2. The summed E-state index contributed by atoms with van der Waals surface area (Å²) in [5.74, 6) is 2.82. The number of anilines is 2. The lowest BCUT2D eigenvalue weighted by atomic mass is 9.84. The van der Waals surface area contributed by atoms with E-state index in [2.05, 4.69) is 45.1 Å². The van der Waals surface area contributed by atoms with Gasteiger partial charge in [-0.05, 0) is 45.2 Å². The van der Waals surface area contributed by atoms with Crippen molar-refractivity contribution >= 4 is 11.6 Å². The van der Waals surface area contributed by atoms with Crippen LogP contribution in [0, 0.1) is 5.92 Å². The van der Waals surface area contributed by atoms with Gasteiger partial charge in [0.05, 0.1) is 0 Å². The number of nitrogens with one attached hydrogen (secondary N) is 1. The average Bonchev–Trinajstić information content (AvgIpc) is 2.53. The summed E-state index contributed by atoms with van der Waals surface area (Å²) in [6, 6.07) is 2.87. The molecule has 0 amide bonds. The lowest BCUT2D eigenvalue weighted by molar-refractivity contribution is 0.102. The Labute approximate surface area is 127 Å². The minimum atomic E-state index is 0.773. The standard InChI is InChI=1S/C16H27N5/c1-3-7-17-15-10-16(19-12-18-15)21-9-6-14-13(11-21)5-4-8-20(14)2/h10,12-14H,3-9,11H2,1-2H3,(H,17,18,19). The van der Waals surface area contributed by atoms with Gasteiger partial charge in [0.15, 0.2) is 0 Å². The molecular weight excluding hydrogens is 262 g/mol. The van der Waals surface area contributed by atoms with E-state index < -0.39 is 0 Å². The molecule has 2 unspecified atom stereocenters. The monoisotopic (exact) mass is 289 g/mol. The molecule has 5 heteroatoms. The van der Waals surface area contributed by atoms with Crippen LogP contribution in [-0.2, 0) is 0 Å². The van der Waals surface area contributed by atoms with Crippen LogP contribution >= 0.6 is 0 Å². The van der Waals surface area contributed by atoms with Gasteiger partial charge >= 0.3 is 0 Å². The summed E-state index contributed by atoms with van der Waals surface area (Å²) in [7, 11) is 2.28. The van der Waals surface area contributed by atoms with Crippen molar-refractivity contribution in [2.24, 2.45) is 5.92 Å². The molecule has 1 N–H and O–H groups in total. The van der Waals surface area contributed by atoms with Crippen LogP contribution in [0.5, 0.6) is 0 Å². The first-order valence-electron chi connectivity index (χ1n) is 8.29. The molecule has 0 aromatic carbocycles. The fourth-order valence-electron chi connectivity index (χ4n) is 3.73. The number of aromatic nitrogens is 2. The lowest BCUT2D eigenvalue weighted by Gasteiger charge is -2.46. The number of rotatable bonds is 4. The molecule has 21 heavy (non-hydrogen) atoms. The number of nitrogens with zero attached hydrogens (tertiary/aromatic N) is 4. The van der Waals surface area contributed by atoms with Crippen LogP contribution < -0.4 is 10.2 Å². The molecule has 3 heterocycles. The summed E-state index contributed by atoms with van der Waals surface area (Å²) in [4.78, 5) is 13.8. The molecule has 0 spiro atoms. The lowest BCUT2D eigenvalue weighted by Crippen LogP contribution is -2.52. The second kappa shape index (κ2) is 6.60. The Balaban J connectivity index is 1.67. The van der Waals surface area contributed by atoms with Gasteiger partial charge in [-0.25, -0.2) is 9.97 Å². The molecule has 2 aliphatic rings. The van der Waals surface area contributed by atoms with Crippen molar-refractivity contribution in [3.8, 4) is 0 Å². The highest BCUT2D eigenvalue weighted by molar-refractivity contribution is 5.48. The van der Waals surface area contributed by atoms with E-state index in [4.69, 9.17) is 0 Å². The summed E-state index contributed by atoms with van der Waals surface area (Å²) in [6.07, 6.45) is 6.74. The third kappa shape index (κ3) is 3.28. The van der Waals surface area contributed by atoms with E-state index in [1.165, 1.54) is 25.8 Å². The molecule has 1 aromatic rings. The zero-order valence-corrected chi connectivity index (χ0v) is 13.3. The van der Waals surface area contributed by atoms with Crippen molar-refractivity contribution in [3.05, 3.63) is 12.4 Å². The smallest absolute Gasteiger partial charge is 0.134 e. The maximum Gasteiger partial charge on any atom is 0.134 e. The predicted molar refractivity (Wildman–Crippen MR) is 86.8 cm³/mol. The number of hydrogen-bond acceptors (Lipinski definition) is 5. The second-order valence-corrected chi connectivity index (χ2v) is 6.37. The summed E-state index contributed by atoms with van der Waals surface area (Å²) in [6.45, 7) is 6.64. The minimum absolute atomic E-state index is 0.773.